The summed E-state index contributed by atoms with van der Waals surface area (Å²) in [5, 5.41) is 12.3. The van der Waals surface area contributed by atoms with Crippen LogP contribution in [-0.4, -0.2) is 42.2 Å². The smallest absolute Gasteiger partial charge is 0.253 e. The van der Waals surface area contributed by atoms with E-state index < -0.39 is 0 Å². The summed E-state index contributed by atoms with van der Waals surface area (Å²) in [6.07, 6.45) is 0.901. The van der Waals surface area contributed by atoms with Crippen LogP contribution in [-0.2, 0) is 0 Å². The van der Waals surface area contributed by atoms with E-state index in [1.807, 2.05) is 36.1 Å². The zero-order valence-corrected chi connectivity index (χ0v) is 10.7. The van der Waals surface area contributed by atoms with E-state index in [2.05, 4.69) is 5.32 Å². The molecule has 1 saturated heterocycles. The van der Waals surface area contributed by atoms with Crippen LogP contribution in [0.3, 0.4) is 0 Å². The second-order valence-corrected chi connectivity index (χ2v) is 4.70. The normalized spacial score (nSPS) is 19.0. The molecule has 0 spiro atoms. The van der Waals surface area contributed by atoms with Crippen molar-refractivity contribution in [3.63, 3.8) is 0 Å². The van der Waals surface area contributed by atoms with E-state index in [1.54, 1.807) is 0 Å². The number of hydrogen-bond donors (Lipinski definition) is 2. The topological polar surface area (TPSA) is 52.6 Å². The zero-order chi connectivity index (χ0) is 13.0. The molecule has 1 heterocycles. The molecule has 1 fully saturated rings. The van der Waals surface area contributed by atoms with Gasteiger partial charge >= 0.3 is 0 Å². The second-order valence-electron chi connectivity index (χ2n) is 4.70. The molecule has 4 nitrogen and oxygen atoms in total. The minimum Gasteiger partial charge on any atom is -0.396 e. The van der Waals surface area contributed by atoms with Gasteiger partial charge in [-0.05, 0) is 37.6 Å². The predicted octanol–water partition coefficient (Wildman–Crippen LogP) is 1.57. The molecule has 1 aromatic carbocycles. The fourth-order valence-corrected chi connectivity index (χ4v) is 2.28. The fourth-order valence-electron chi connectivity index (χ4n) is 2.28. The number of aliphatic hydroxyl groups is 1. The van der Waals surface area contributed by atoms with Crippen molar-refractivity contribution in [1.29, 1.82) is 0 Å². The van der Waals surface area contributed by atoms with Crippen molar-refractivity contribution in [2.45, 2.75) is 13.3 Å². The Morgan fingerprint density at radius 2 is 2.17 bits per heavy atom. The van der Waals surface area contributed by atoms with Crippen molar-refractivity contribution >= 4 is 11.6 Å². The van der Waals surface area contributed by atoms with Crippen molar-refractivity contribution in [3.8, 4) is 0 Å². The number of nitrogens with one attached hydrogen (secondary N) is 1. The molecule has 0 aromatic heterocycles. The minimum absolute atomic E-state index is 0.0639. The van der Waals surface area contributed by atoms with Crippen LogP contribution in [0.2, 0.25) is 0 Å². The molecule has 0 bridgehead atoms. The van der Waals surface area contributed by atoms with Crippen LogP contribution < -0.4 is 5.32 Å². The Kier molecular flexibility index (Phi) is 4.20. The summed E-state index contributed by atoms with van der Waals surface area (Å²) >= 11 is 0. The van der Waals surface area contributed by atoms with Gasteiger partial charge < -0.3 is 15.3 Å². The second kappa shape index (κ2) is 5.87. The van der Waals surface area contributed by atoms with E-state index in [0.717, 1.165) is 30.8 Å². The molecular formula is C14H20N2O2. The van der Waals surface area contributed by atoms with Gasteiger partial charge in [0.1, 0.15) is 0 Å². The Morgan fingerprint density at radius 1 is 1.44 bits per heavy atom. The summed E-state index contributed by atoms with van der Waals surface area (Å²) in [7, 11) is 0. The molecule has 1 amide bonds. The highest BCUT2D eigenvalue weighted by Gasteiger charge is 2.26. The van der Waals surface area contributed by atoms with Crippen molar-refractivity contribution in [2.24, 2.45) is 5.92 Å². The number of carbonyl (C=O) groups excluding carboxylic acids is 1. The molecule has 98 valence electrons. The highest BCUT2D eigenvalue weighted by Crippen LogP contribution is 2.19. The number of anilines is 1. The van der Waals surface area contributed by atoms with Crippen LogP contribution in [0.4, 0.5) is 5.69 Å². The van der Waals surface area contributed by atoms with E-state index in [-0.39, 0.29) is 18.4 Å². The SMILES string of the molecule is CCNc1ccc(C(=O)N2CCC(CO)C2)cc1. The third-order valence-corrected chi connectivity index (χ3v) is 3.34. The van der Waals surface area contributed by atoms with E-state index in [0.29, 0.717) is 6.54 Å². The Morgan fingerprint density at radius 3 is 2.72 bits per heavy atom. The maximum absolute atomic E-state index is 12.2. The number of likely N-dealkylation sites (tertiary alicyclic amines) is 1. The highest BCUT2D eigenvalue weighted by molar-refractivity contribution is 5.94. The lowest BCUT2D eigenvalue weighted by molar-refractivity contribution is 0.0782. The van der Waals surface area contributed by atoms with Crippen LogP contribution in [0.5, 0.6) is 0 Å². The third-order valence-electron chi connectivity index (χ3n) is 3.34. The van der Waals surface area contributed by atoms with Crippen LogP contribution in [0.1, 0.15) is 23.7 Å². The van der Waals surface area contributed by atoms with Gasteiger partial charge in [-0.2, -0.15) is 0 Å². The van der Waals surface area contributed by atoms with Crippen LogP contribution in [0.15, 0.2) is 24.3 Å². The van der Waals surface area contributed by atoms with Gasteiger partial charge in [0.15, 0.2) is 0 Å². The molecule has 0 aliphatic carbocycles. The van der Waals surface area contributed by atoms with Crippen LogP contribution in [0, 0.1) is 5.92 Å². The lowest BCUT2D eigenvalue weighted by Crippen LogP contribution is -2.29. The first kappa shape index (κ1) is 12.9. The molecule has 18 heavy (non-hydrogen) atoms. The standard InChI is InChI=1S/C14H20N2O2/c1-2-15-13-5-3-12(4-6-13)14(18)16-8-7-11(9-16)10-17/h3-6,11,15,17H,2,7-10H2,1H3. The van der Waals surface area contributed by atoms with Gasteiger partial charge in [-0.25, -0.2) is 0 Å². The van der Waals surface area contributed by atoms with Gasteiger partial charge in [-0.1, -0.05) is 0 Å². The molecule has 1 unspecified atom stereocenters. The summed E-state index contributed by atoms with van der Waals surface area (Å²) in [6, 6.07) is 7.56. The third kappa shape index (κ3) is 2.82. The maximum atomic E-state index is 12.2. The average Bonchev–Trinajstić information content (AvgIpc) is 2.88. The van der Waals surface area contributed by atoms with Gasteiger partial charge in [0.05, 0.1) is 0 Å². The molecule has 1 atom stereocenters. The van der Waals surface area contributed by atoms with Gasteiger partial charge in [-0.3, -0.25) is 4.79 Å². The Bertz CT molecular complexity index is 403. The fraction of sp³-hybridized carbons (Fsp3) is 0.500. The first-order valence-electron chi connectivity index (χ1n) is 6.48. The first-order chi connectivity index (χ1) is 8.74. The number of rotatable bonds is 4. The summed E-state index contributed by atoms with van der Waals surface area (Å²) < 4.78 is 0. The molecule has 0 saturated carbocycles. The quantitative estimate of drug-likeness (QED) is 0.850. The lowest BCUT2D eigenvalue weighted by Gasteiger charge is -2.16. The largest absolute Gasteiger partial charge is 0.396 e. The van der Waals surface area contributed by atoms with E-state index in [9.17, 15) is 4.79 Å². The Labute approximate surface area is 108 Å². The van der Waals surface area contributed by atoms with Gasteiger partial charge in [0, 0.05) is 43.4 Å². The Balaban J connectivity index is 2.00. The molecule has 0 radical (unpaired) electrons. The molecule has 1 aliphatic heterocycles. The molecule has 4 heteroatoms. The number of amides is 1. The first-order valence-corrected chi connectivity index (χ1v) is 6.48. The van der Waals surface area contributed by atoms with Crippen molar-refractivity contribution < 1.29 is 9.90 Å². The van der Waals surface area contributed by atoms with E-state index in [4.69, 9.17) is 5.11 Å². The number of aliphatic hydroxyl groups excluding tert-OH is 1. The Hall–Kier alpha value is -1.55. The summed E-state index contributed by atoms with van der Waals surface area (Å²) in [5.41, 5.74) is 1.75. The van der Waals surface area contributed by atoms with Gasteiger partial charge in [0.25, 0.3) is 5.91 Å². The van der Waals surface area contributed by atoms with Crippen LogP contribution >= 0.6 is 0 Å². The van der Waals surface area contributed by atoms with Crippen LogP contribution in [0.25, 0.3) is 0 Å². The molecule has 2 rings (SSSR count). The number of hydrogen-bond acceptors (Lipinski definition) is 3. The molecule has 1 aromatic rings. The molecule has 1 aliphatic rings. The monoisotopic (exact) mass is 248 g/mol. The van der Waals surface area contributed by atoms with E-state index in [1.165, 1.54) is 0 Å². The van der Waals surface area contributed by atoms with E-state index >= 15 is 0 Å². The summed E-state index contributed by atoms with van der Waals surface area (Å²) in [6.45, 7) is 4.50. The van der Waals surface area contributed by atoms with Gasteiger partial charge in [0.2, 0.25) is 0 Å². The van der Waals surface area contributed by atoms with Crippen molar-refractivity contribution in [3.05, 3.63) is 29.8 Å². The van der Waals surface area contributed by atoms with Crippen molar-refractivity contribution in [2.75, 3.05) is 31.6 Å². The summed E-state index contributed by atoms with van der Waals surface area (Å²) in [5.74, 6) is 0.309. The predicted molar refractivity (Wildman–Crippen MR) is 71.7 cm³/mol. The molecule has 2 N–H and O–H groups in total. The van der Waals surface area contributed by atoms with Crippen molar-refractivity contribution in [1.82, 2.24) is 4.90 Å². The summed E-state index contributed by atoms with van der Waals surface area (Å²) in [4.78, 5) is 14.0. The average molecular weight is 248 g/mol. The molecular weight excluding hydrogens is 228 g/mol. The highest BCUT2D eigenvalue weighted by atomic mass is 16.3. The number of benzene rings is 1. The maximum Gasteiger partial charge on any atom is 0.253 e. The zero-order valence-electron chi connectivity index (χ0n) is 10.7. The minimum atomic E-state index is 0.0639. The number of carbonyl (C=O) groups is 1. The lowest BCUT2D eigenvalue weighted by atomic mass is 10.1. The number of nitrogens with zero attached hydrogens (tertiary/aromatic N) is 1. The van der Waals surface area contributed by atoms with Gasteiger partial charge in [-0.15, -0.1) is 0 Å².